The quantitative estimate of drug-likeness (QED) is 0.248. The van der Waals surface area contributed by atoms with Gasteiger partial charge in [-0.1, -0.05) is 13.8 Å². The maximum atomic E-state index is 13.8. The Hall–Kier alpha value is -2.03. The maximum Gasteiger partial charge on any atom is 0.317 e. The fourth-order valence-corrected chi connectivity index (χ4v) is 2.98. The van der Waals surface area contributed by atoms with E-state index in [-0.39, 0.29) is 18.8 Å². The third-order valence-corrected chi connectivity index (χ3v) is 4.13. The lowest BCUT2D eigenvalue weighted by molar-refractivity contribution is -0.151. The van der Waals surface area contributed by atoms with Crippen molar-refractivity contribution in [3.05, 3.63) is 29.1 Å². The maximum absolute atomic E-state index is 13.8. The van der Waals surface area contributed by atoms with E-state index in [0.29, 0.717) is 0 Å². The van der Waals surface area contributed by atoms with Gasteiger partial charge in [-0.25, -0.2) is 13.2 Å². The van der Waals surface area contributed by atoms with E-state index in [1.165, 1.54) is 0 Å². The first kappa shape index (κ1) is 21.3. The van der Waals surface area contributed by atoms with Crippen molar-refractivity contribution in [1.82, 2.24) is 0 Å². The van der Waals surface area contributed by atoms with Crippen LogP contribution in [-0.4, -0.2) is 23.5 Å². The van der Waals surface area contributed by atoms with Gasteiger partial charge in [0.15, 0.2) is 5.78 Å². The summed E-state index contributed by atoms with van der Waals surface area (Å²) in [5, 5.41) is 0. The Morgan fingerprint density at radius 1 is 1.07 bits per heavy atom. The lowest BCUT2D eigenvalue weighted by Crippen LogP contribution is -2.37. The van der Waals surface area contributed by atoms with Crippen molar-refractivity contribution in [2.75, 3.05) is 0 Å². The highest BCUT2D eigenvalue weighted by atomic mass is 19.2. The van der Waals surface area contributed by atoms with Gasteiger partial charge in [0.1, 0.15) is 6.10 Å². The van der Waals surface area contributed by atoms with E-state index in [9.17, 15) is 31.5 Å². The summed E-state index contributed by atoms with van der Waals surface area (Å²) in [5.41, 5.74) is -0.845. The summed E-state index contributed by atoms with van der Waals surface area (Å²) >= 11 is 0. The van der Waals surface area contributed by atoms with E-state index in [2.05, 4.69) is 4.74 Å². The SMILES string of the molecule is CC(C)C[C@@H](C(=O)Oc1c(F)c(F)c(F)c(F)c1F)[C@@H]1OC(C)(C)CC1=O. The van der Waals surface area contributed by atoms with Crippen LogP contribution in [0.5, 0.6) is 5.75 Å². The average Bonchev–Trinajstić information content (AvgIpc) is 2.85. The fraction of sp³-hybridized carbons (Fsp3) is 0.556. The van der Waals surface area contributed by atoms with Gasteiger partial charge in [-0.3, -0.25) is 9.59 Å². The predicted molar refractivity (Wildman–Crippen MR) is 83.4 cm³/mol. The van der Waals surface area contributed by atoms with Crippen LogP contribution < -0.4 is 4.74 Å². The molecular formula is C18H19F5O4. The van der Waals surface area contributed by atoms with Gasteiger partial charge in [0.2, 0.25) is 34.8 Å². The number of benzene rings is 1. The van der Waals surface area contributed by atoms with Gasteiger partial charge in [0.05, 0.1) is 11.5 Å². The molecule has 0 unspecified atom stereocenters. The molecule has 27 heavy (non-hydrogen) atoms. The molecule has 1 heterocycles. The molecule has 0 amide bonds. The van der Waals surface area contributed by atoms with Crippen LogP contribution in [0.4, 0.5) is 22.0 Å². The monoisotopic (exact) mass is 394 g/mol. The highest BCUT2D eigenvalue weighted by molar-refractivity contribution is 5.91. The molecule has 9 heteroatoms. The fourth-order valence-electron chi connectivity index (χ4n) is 2.98. The number of ketones is 1. The van der Waals surface area contributed by atoms with Crippen LogP contribution in [0.3, 0.4) is 0 Å². The summed E-state index contributed by atoms with van der Waals surface area (Å²) in [6.45, 7) is 6.71. The minimum Gasteiger partial charge on any atom is -0.420 e. The second-order valence-corrected chi connectivity index (χ2v) is 7.50. The molecule has 1 aromatic carbocycles. The minimum atomic E-state index is -2.36. The van der Waals surface area contributed by atoms with Crippen LogP contribution in [0.25, 0.3) is 0 Å². The third kappa shape index (κ3) is 4.28. The summed E-state index contributed by atoms with van der Waals surface area (Å²) in [6.07, 6.45) is -1.15. The van der Waals surface area contributed by atoms with E-state index in [0.717, 1.165) is 0 Å². The van der Waals surface area contributed by atoms with Crippen molar-refractivity contribution >= 4 is 11.8 Å². The number of hydrogen-bond donors (Lipinski definition) is 0. The van der Waals surface area contributed by atoms with Crippen LogP contribution in [0.15, 0.2) is 0 Å². The van der Waals surface area contributed by atoms with Crippen molar-refractivity contribution in [2.24, 2.45) is 11.8 Å². The zero-order chi connectivity index (χ0) is 20.7. The Morgan fingerprint density at radius 2 is 1.56 bits per heavy atom. The Bertz CT molecular complexity index is 747. The molecule has 0 bridgehead atoms. The first-order valence-electron chi connectivity index (χ1n) is 8.29. The number of Topliss-reactive ketones (excluding diaryl/α,β-unsaturated/α-hetero) is 1. The highest BCUT2D eigenvalue weighted by Gasteiger charge is 2.46. The Balaban J connectivity index is 2.37. The first-order valence-corrected chi connectivity index (χ1v) is 8.29. The molecular weight excluding hydrogens is 375 g/mol. The smallest absolute Gasteiger partial charge is 0.317 e. The van der Waals surface area contributed by atoms with Crippen molar-refractivity contribution in [2.45, 2.75) is 52.2 Å². The number of carbonyl (C=O) groups is 2. The van der Waals surface area contributed by atoms with Gasteiger partial charge >= 0.3 is 5.97 Å². The summed E-state index contributed by atoms with van der Waals surface area (Å²) in [6, 6.07) is 0. The van der Waals surface area contributed by atoms with E-state index >= 15 is 0 Å². The molecule has 0 aromatic heterocycles. The molecule has 4 nitrogen and oxygen atoms in total. The topological polar surface area (TPSA) is 52.6 Å². The van der Waals surface area contributed by atoms with Crippen LogP contribution in [0, 0.1) is 40.9 Å². The predicted octanol–water partition coefficient (Wildman–Crippen LogP) is 4.09. The van der Waals surface area contributed by atoms with Crippen molar-refractivity contribution in [1.29, 1.82) is 0 Å². The van der Waals surface area contributed by atoms with Crippen LogP contribution >= 0.6 is 0 Å². The molecule has 1 aromatic rings. The third-order valence-electron chi connectivity index (χ3n) is 4.13. The normalized spacial score (nSPS) is 20.2. The molecule has 1 aliphatic rings. The second kappa shape index (κ2) is 7.53. The summed E-state index contributed by atoms with van der Waals surface area (Å²) < 4.78 is 77.3. The Labute approximate surface area is 152 Å². The van der Waals surface area contributed by atoms with Crippen molar-refractivity contribution in [3.8, 4) is 5.75 Å². The van der Waals surface area contributed by atoms with Crippen LogP contribution in [-0.2, 0) is 14.3 Å². The van der Waals surface area contributed by atoms with Crippen LogP contribution in [0.1, 0.15) is 40.5 Å². The van der Waals surface area contributed by atoms with E-state index in [1.54, 1.807) is 27.7 Å². The second-order valence-electron chi connectivity index (χ2n) is 7.50. The molecule has 0 aliphatic carbocycles. The van der Waals surface area contributed by atoms with Gasteiger partial charge in [0, 0.05) is 6.42 Å². The largest absolute Gasteiger partial charge is 0.420 e. The van der Waals surface area contributed by atoms with Gasteiger partial charge in [-0.2, -0.15) is 8.78 Å². The highest BCUT2D eigenvalue weighted by Crippen LogP contribution is 2.35. The summed E-state index contributed by atoms with van der Waals surface area (Å²) in [7, 11) is 0. The van der Waals surface area contributed by atoms with Crippen LogP contribution in [0.2, 0.25) is 0 Å². The molecule has 0 N–H and O–H groups in total. The molecule has 1 saturated heterocycles. The van der Waals surface area contributed by atoms with Crippen molar-refractivity contribution < 1.29 is 41.0 Å². The van der Waals surface area contributed by atoms with Gasteiger partial charge in [-0.15, -0.1) is 0 Å². The first-order chi connectivity index (χ1) is 12.4. The molecule has 2 rings (SSSR count). The van der Waals surface area contributed by atoms with E-state index in [4.69, 9.17) is 4.74 Å². The molecule has 0 radical (unpaired) electrons. The molecule has 150 valence electrons. The molecule has 0 saturated carbocycles. The van der Waals surface area contributed by atoms with Crippen molar-refractivity contribution in [3.63, 3.8) is 0 Å². The number of halogens is 5. The summed E-state index contributed by atoms with van der Waals surface area (Å²) in [5.74, 6) is -16.1. The average molecular weight is 394 g/mol. The number of rotatable bonds is 5. The zero-order valence-electron chi connectivity index (χ0n) is 15.2. The number of carbonyl (C=O) groups excluding carboxylic acids is 2. The lowest BCUT2D eigenvalue weighted by atomic mass is 9.89. The minimum absolute atomic E-state index is 0.0159. The van der Waals surface area contributed by atoms with Gasteiger partial charge < -0.3 is 9.47 Å². The Morgan fingerprint density at radius 3 is 1.96 bits per heavy atom. The number of esters is 1. The lowest BCUT2D eigenvalue weighted by Gasteiger charge is -2.25. The molecule has 1 aliphatic heterocycles. The van der Waals surface area contributed by atoms with E-state index < -0.39 is 64.2 Å². The number of hydrogen-bond acceptors (Lipinski definition) is 4. The zero-order valence-corrected chi connectivity index (χ0v) is 15.2. The van der Waals surface area contributed by atoms with Gasteiger partial charge in [-0.05, 0) is 26.2 Å². The standard InChI is InChI=1S/C18H19F5O4/c1-7(2)5-8(15-9(24)6-18(3,4)27-15)17(25)26-16-13(22)11(20)10(19)12(21)14(16)23/h7-8,15H,5-6H2,1-4H3/t8-,15+/m1/s1. The molecule has 0 spiro atoms. The molecule has 1 fully saturated rings. The summed E-state index contributed by atoms with van der Waals surface area (Å²) in [4.78, 5) is 24.7. The Kier molecular flexibility index (Phi) is 5.94. The number of ether oxygens (including phenoxy) is 2. The molecule has 2 atom stereocenters. The van der Waals surface area contributed by atoms with E-state index in [1.807, 2.05) is 0 Å². The van der Waals surface area contributed by atoms with Gasteiger partial charge in [0.25, 0.3) is 0 Å².